The van der Waals surface area contributed by atoms with Gasteiger partial charge in [-0.15, -0.1) is 0 Å². The van der Waals surface area contributed by atoms with E-state index in [1.807, 2.05) is 13.8 Å². The minimum absolute atomic E-state index is 0.135. The lowest BCUT2D eigenvalue weighted by Crippen LogP contribution is -2.27. The summed E-state index contributed by atoms with van der Waals surface area (Å²) in [5, 5.41) is 8.89. The second-order valence-electron chi connectivity index (χ2n) is 6.84. The highest BCUT2D eigenvalue weighted by Crippen LogP contribution is 2.32. The molecule has 0 bridgehead atoms. The number of benzene rings is 1. The molecule has 29 heavy (non-hydrogen) atoms. The first-order chi connectivity index (χ1) is 13.6. The van der Waals surface area contributed by atoms with Crippen LogP contribution in [0.1, 0.15) is 40.1 Å². The van der Waals surface area contributed by atoms with Gasteiger partial charge in [-0.05, 0) is 36.2 Å². The first-order valence-electron chi connectivity index (χ1n) is 8.74. The zero-order valence-electron chi connectivity index (χ0n) is 15.6. The summed E-state index contributed by atoms with van der Waals surface area (Å²) in [5.74, 6) is -1.16. The number of hydrogen-bond acceptors (Lipinski definition) is 4. The van der Waals surface area contributed by atoms with Gasteiger partial charge in [0.1, 0.15) is 6.33 Å². The number of aromatic nitrogens is 3. The molecule has 2 N–H and O–H groups in total. The van der Waals surface area contributed by atoms with E-state index in [2.05, 4.69) is 20.7 Å². The summed E-state index contributed by atoms with van der Waals surface area (Å²) in [7, 11) is 0. The van der Waals surface area contributed by atoms with E-state index in [0.717, 1.165) is 12.1 Å². The second kappa shape index (κ2) is 7.90. The molecule has 7 nitrogen and oxygen atoms in total. The highest BCUT2D eigenvalue weighted by Gasteiger charge is 2.32. The Balaban J connectivity index is 1.89. The lowest BCUT2D eigenvalue weighted by Gasteiger charge is -2.14. The lowest BCUT2D eigenvalue weighted by molar-refractivity contribution is -0.137. The van der Waals surface area contributed by atoms with Crippen LogP contribution in [0.3, 0.4) is 0 Å². The van der Waals surface area contributed by atoms with Crippen molar-refractivity contribution in [2.45, 2.75) is 20.0 Å². The van der Waals surface area contributed by atoms with Gasteiger partial charge in [0.15, 0.2) is 5.65 Å². The molecule has 0 fully saturated rings. The molecule has 2 heterocycles. The molecule has 10 heteroatoms. The van der Waals surface area contributed by atoms with Crippen molar-refractivity contribution in [3.05, 3.63) is 59.5 Å². The number of hydrogen-bond donors (Lipinski definition) is 2. The normalized spacial score (nSPS) is 11.7. The molecule has 2 amide bonds. The van der Waals surface area contributed by atoms with Crippen LogP contribution in [0.2, 0.25) is 0 Å². The molecule has 0 aliphatic rings. The van der Waals surface area contributed by atoms with Crippen molar-refractivity contribution in [3.8, 4) is 0 Å². The van der Waals surface area contributed by atoms with Crippen molar-refractivity contribution in [2.24, 2.45) is 5.92 Å². The first-order valence-corrected chi connectivity index (χ1v) is 8.74. The van der Waals surface area contributed by atoms with Gasteiger partial charge >= 0.3 is 6.18 Å². The van der Waals surface area contributed by atoms with Crippen molar-refractivity contribution >= 4 is 23.1 Å². The minimum atomic E-state index is -4.67. The van der Waals surface area contributed by atoms with Gasteiger partial charge in [-0.2, -0.15) is 18.3 Å². The van der Waals surface area contributed by atoms with Gasteiger partial charge < -0.3 is 10.6 Å². The fourth-order valence-corrected chi connectivity index (χ4v) is 2.55. The zero-order valence-corrected chi connectivity index (χ0v) is 15.6. The maximum absolute atomic E-state index is 13.3. The van der Waals surface area contributed by atoms with Gasteiger partial charge in [0.05, 0.1) is 11.1 Å². The number of alkyl halides is 3. The Bertz CT molecular complexity index is 1060. The van der Waals surface area contributed by atoms with Crippen LogP contribution < -0.4 is 10.6 Å². The second-order valence-corrected chi connectivity index (χ2v) is 6.84. The van der Waals surface area contributed by atoms with Crippen molar-refractivity contribution in [2.75, 3.05) is 11.9 Å². The van der Waals surface area contributed by atoms with Crippen LogP contribution in [0, 0.1) is 5.92 Å². The Morgan fingerprint density at radius 1 is 1.10 bits per heavy atom. The Morgan fingerprint density at radius 2 is 1.86 bits per heavy atom. The third-order valence-electron chi connectivity index (χ3n) is 3.99. The molecule has 2 aromatic heterocycles. The number of nitrogens with zero attached hydrogens (tertiary/aromatic N) is 3. The fourth-order valence-electron chi connectivity index (χ4n) is 2.55. The van der Waals surface area contributed by atoms with Gasteiger partial charge in [0, 0.05) is 24.0 Å². The molecular weight excluding hydrogens is 387 g/mol. The number of pyridine rings is 1. The summed E-state index contributed by atoms with van der Waals surface area (Å²) in [4.78, 5) is 28.7. The molecule has 3 rings (SSSR count). The van der Waals surface area contributed by atoms with Crippen molar-refractivity contribution in [3.63, 3.8) is 0 Å². The van der Waals surface area contributed by atoms with E-state index < -0.39 is 23.6 Å². The summed E-state index contributed by atoms with van der Waals surface area (Å²) >= 11 is 0. The average Bonchev–Trinajstić information content (AvgIpc) is 3.12. The molecule has 152 valence electrons. The average molecular weight is 405 g/mol. The SMILES string of the molecule is CC(C)CNC(=O)c1cc(NC(=O)c2ccc3ncnn3c2)cc(C(F)(F)F)c1. The van der Waals surface area contributed by atoms with Crippen molar-refractivity contribution in [1.29, 1.82) is 0 Å². The van der Waals surface area contributed by atoms with Gasteiger partial charge in [0.2, 0.25) is 0 Å². The molecule has 1 aromatic carbocycles. The summed E-state index contributed by atoms with van der Waals surface area (Å²) in [6.45, 7) is 4.04. The van der Waals surface area contributed by atoms with E-state index in [9.17, 15) is 22.8 Å². The third-order valence-corrected chi connectivity index (χ3v) is 3.99. The third kappa shape index (κ3) is 4.89. The minimum Gasteiger partial charge on any atom is -0.352 e. The summed E-state index contributed by atoms with van der Waals surface area (Å²) < 4.78 is 41.2. The van der Waals surface area contributed by atoms with Gasteiger partial charge in [0.25, 0.3) is 11.8 Å². The number of halogens is 3. The quantitative estimate of drug-likeness (QED) is 0.681. The largest absolute Gasteiger partial charge is 0.416 e. The Labute approximate surface area is 163 Å². The fraction of sp³-hybridized carbons (Fsp3) is 0.263. The maximum Gasteiger partial charge on any atom is 0.416 e. The van der Waals surface area contributed by atoms with Crippen LogP contribution in [0.5, 0.6) is 0 Å². The monoisotopic (exact) mass is 405 g/mol. The number of amides is 2. The smallest absolute Gasteiger partial charge is 0.352 e. The standard InChI is InChI=1S/C19H18F3N5O2/c1-11(2)8-23-17(28)13-5-14(19(20,21)22)7-15(6-13)26-18(29)12-3-4-16-24-10-25-27(16)9-12/h3-7,9-11H,8H2,1-2H3,(H,23,28)(H,26,29). The van der Waals surface area contributed by atoms with Gasteiger partial charge in [-0.1, -0.05) is 13.8 Å². The molecule has 0 atom stereocenters. The van der Waals surface area contributed by atoms with Crippen LogP contribution in [-0.2, 0) is 6.18 Å². The highest BCUT2D eigenvalue weighted by atomic mass is 19.4. The van der Waals surface area contributed by atoms with E-state index in [4.69, 9.17) is 0 Å². The van der Waals surface area contributed by atoms with E-state index in [0.29, 0.717) is 12.2 Å². The molecule has 0 saturated carbocycles. The molecular formula is C19H18F3N5O2. The highest BCUT2D eigenvalue weighted by molar-refractivity contribution is 6.05. The van der Waals surface area contributed by atoms with E-state index in [1.54, 1.807) is 6.07 Å². The Hall–Kier alpha value is -3.43. The number of anilines is 1. The molecule has 0 aliphatic heterocycles. The topological polar surface area (TPSA) is 88.4 Å². The molecule has 3 aromatic rings. The molecule has 0 saturated heterocycles. The zero-order chi connectivity index (χ0) is 21.2. The first kappa shape index (κ1) is 20.3. The van der Waals surface area contributed by atoms with E-state index >= 15 is 0 Å². The Morgan fingerprint density at radius 3 is 2.55 bits per heavy atom. The lowest BCUT2D eigenvalue weighted by atomic mass is 10.1. The van der Waals surface area contributed by atoms with Gasteiger partial charge in [-0.25, -0.2) is 9.50 Å². The molecule has 0 aliphatic carbocycles. The van der Waals surface area contributed by atoms with Crippen molar-refractivity contribution in [1.82, 2.24) is 19.9 Å². The number of carbonyl (C=O) groups is 2. The molecule has 0 spiro atoms. The number of fused-ring (bicyclic) bond motifs is 1. The molecule has 0 radical (unpaired) electrons. The van der Waals surface area contributed by atoms with Crippen LogP contribution in [-0.4, -0.2) is 33.0 Å². The maximum atomic E-state index is 13.3. The summed E-state index contributed by atoms with van der Waals surface area (Å²) in [6.07, 6.45) is -1.96. The number of nitrogens with one attached hydrogen (secondary N) is 2. The van der Waals surface area contributed by atoms with Crippen LogP contribution >= 0.6 is 0 Å². The number of carbonyl (C=O) groups excluding carboxylic acids is 2. The predicted molar refractivity (Wildman–Crippen MR) is 99.6 cm³/mol. The summed E-state index contributed by atoms with van der Waals surface area (Å²) in [6, 6.07) is 5.77. The number of rotatable bonds is 5. The van der Waals surface area contributed by atoms with Crippen LogP contribution in [0.4, 0.5) is 18.9 Å². The van der Waals surface area contributed by atoms with E-state index in [1.165, 1.54) is 29.2 Å². The molecule has 0 unspecified atom stereocenters. The van der Waals surface area contributed by atoms with Gasteiger partial charge in [-0.3, -0.25) is 9.59 Å². The summed E-state index contributed by atoms with van der Waals surface area (Å²) in [5.41, 5.74) is -0.673. The predicted octanol–water partition coefficient (Wildman–Crippen LogP) is 3.39. The van der Waals surface area contributed by atoms with Crippen molar-refractivity contribution < 1.29 is 22.8 Å². The Kier molecular flexibility index (Phi) is 5.53. The van der Waals surface area contributed by atoms with Crippen LogP contribution in [0.25, 0.3) is 5.65 Å². The van der Waals surface area contributed by atoms with Crippen LogP contribution in [0.15, 0.2) is 42.9 Å². The van der Waals surface area contributed by atoms with E-state index in [-0.39, 0.29) is 22.7 Å².